The Balaban J connectivity index is 0.000000354. The summed E-state index contributed by atoms with van der Waals surface area (Å²) in [5, 5.41) is 18.5. The summed E-state index contributed by atoms with van der Waals surface area (Å²) in [5.41, 5.74) is 0. The lowest BCUT2D eigenvalue weighted by Gasteiger charge is -2.17. The molecule has 3 N–H and O–H groups in total. The molecule has 0 aliphatic carbocycles. The topological polar surface area (TPSA) is 86.6 Å². The zero-order valence-electron chi connectivity index (χ0n) is 6.69. The van der Waals surface area contributed by atoms with Gasteiger partial charge in [-0.2, -0.15) is 0 Å². The summed E-state index contributed by atoms with van der Waals surface area (Å²) in [4.78, 5) is 18.7. The molecule has 5 nitrogen and oxygen atoms in total. The standard InChI is InChI=1S/C6H11NO2.CH2O2/c8-6(9)5-1-3-7-4-2-5;2-1-3/h5,7H,1-4H2,(H,8,9);1H,(H,2,3). The van der Waals surface area contributed by atoms with Crippen molar-refractivity contribution in [3.8, 4) is 0 Å². The first kappa shape index (κ1) is 10.9. The van der Waals surface area contributed by atoms with E-state index in [9.17, 15) is 4.79 Å². The van der Waals surface area contributed by atoms with Gasteiger partial charge in [0, 0.05) is 0 Å². The van der Waals surface area contributed by atoms with E-state index in [1.165, 1.54) is 0 Å². The van der Waals surface area contributed by atoms with Crippen LogP contribution < -0.4 is 5.32 Å². The van der Waals surface area contributed by atoms with Crippen LogP contribution in [0.25, 0.3) is 0 Å². The van der Waals surface area contributed by atoms with Crippen molar-refractivity contribution in [1.82, 2.24) is 5.32 Å². The van der Waals surface area contributed by atoms with Crippen molar-refractivity contribution in [1.29, 1.82) is 0 Å². The van der Waals surface area contributed by atoms with Crippen molar-refractivity contribution in [2.24, 2.45) is 5.92 Å². The Kier molecular flexibility index (Phi) is 6.00. The number of carboxylic acids is 1. The van der Waals surface area contributed by atoms with Crippen LogP contribution in [0.3, 0.4) is 0 Å². The van der Waals surface area contributed by atoms with Crippen LogP contribution in [0.2, 0.25) is 0 Å². The molecule has 0 saturated carbocycles. The van der Waals surface area contributed by atoms with E-state index >= 15 is 0 Å². The molecule has 1 fully saturated rings. The summed E-state index contributed by atoms with van der Waals surface area (Å²) in [6, 6.07) is 0. The van der Waals surface area contributed by atoms with Crippen molar-refractivity contribution in [3.05, 3.63) is 0 Å². The molecule has 0 bridgehead atoms. The molecule has 0 aromatic carbocycles. The number of hydrogen-bond acceptors (Lipinski definition) is 3. The largest absolute Gasteiger partial charge is 0.483 e. The molecule has 1 aliphatic rings. The zero-order chi connectivity index (χ0) is 9.40. The second kappa shape index (κ2) is 6.60. The maximum atomic E-state index is 10.3. The number of nitrogens with one attached hydrogen (secondary N) is 1. The molecule has 0 amide bonds. The number of rotatable bonds is 1. The molecule has 0 spiro atoms. The van der Waals surface area contributed by atoms with Crippen LogP contribution in [0.4, 0.5) is 0 Å². The highest BCUT2D eigenvalue weighted by Gasteiger charge is 2.18. The van der Waals surface area contributed by atoms with E-state index in [0.29, 0.717) is 0 Å². The summed E-state index contributed by atoms with van der Waals surface area (Å²) in [7, 11) is 0. The van der Waals surface area contributed by atoms with Crippen molar-refractivity contribution < 1.29 is 19.8 Å². The Labute approximate surface area is 70.4 Å². The molecular weight excluding hydrogens is 162 g/mol. The van der Waals surface area contributed by atoms with E-state index in [1.807, 2.05) is 0 Å². The van der Waals surface area contributed by atoms with Crippen LogP contribution in [-0.4, -0.2) is 35.7 Å². The zero-order valence-corrected chi connectivity index (χ0v) is 6.69. The maximum absolute atomic E-state index is 10.3. The minimum atomic E-state index is -0.642. The number of hydrogen-bond donors (Lipinski definition) is 3. The highest BCUT2D eigenvalue weighted by molar-refractivity contribution is 5.70. The van der Waals surface area contributed by atoms with Crippen LogP contribution in [0.15, 0.2) is 0 Å². The maximum Gasteiger partial charge on any atom is 0.306 e. The average molecular weight is 175 g/mol. The van der Waals surface area contributed by atoms with Gasteiger partial charge in [0.1, 0.15) is 0 Å². The molecule has 1 saturated heterocycles. The van der Waals surface area contributed by atoms with Gasteiger partial charge in [-0.3, -0.25) is 9.59 Å². The van der Waals surface area contributed by atoms with Gasteiger partial charge in [-0.1, -0.05) is 0 Å². The van der Waals surface area contributed by atoms with Gasteiger partial charge in [-0.05, 0) is 25.9 Å². The van der Waals surface area contributed by atoms with Gasteiger partial charge in [-0.25, -0.2) is 0 Å². The summed E-state index contributed by atoms with van der Waals surface area (Å²) < 4.78 is 0. The van der Waals surface area contributed by atoms with Gasteiger partial charge in [-0.15, -0.1) is 0 Å². The first-order valence-electron chi connectivity index (χ1n) is 3.73. The summed E-state index contributed by atoms with van der Waals surface area (Å²) >= 11 is 0. The van der Waals surface area contributed by atoms with Crippen molar-refractivity contribution in [2.75, 3.05) is 13.1 Å². The van der Waals surface area contributed by atoms with E-state index in [4.69, 9.17) is 15.0 Å². The highest BCUT2D eigenvalue weighted by Crippen LogP contribution is 2.10. The number of carbonyl (C=O) groups is 2. The van der Waals surface area contributed by atoms with Crippen LogP contribution in [0, 0.1) is 5.92 Å². The van der Waals surface area contributed by atoms with Crippen LogP contribution >= 0.6 is 0 Å². The first-order valence-corrected chi connectivity index (χ1v) is 3.73. The van der Waals surface area contributed by atoms with Gasteiger partial charge in [0.15, 0.2) is 0 Å². The Bertz CT molecular complexity index is 142. The average Bonchev–Trinajstić information content (AvgIpc) is 2.07. The Morgan fingerprint density at radius 2 is 1.83 bits per heavy atom. The SMILES string of the molecule is O=C(O)C1CCNCC1.O=CO. The van der Waals surface area contributed by atoms with Crippen LogP contribution in [-0.2, 0) is 9.59 Å². The highest BCUT2D eigenvalue weighted by atomic mass is 16.4. The molecule has 12 heavy (non-hydrogen) atoms. The number of piperidine rings is 1. The lowest BCUT2D eigenvalue weighted by atomic mass is 9.99. The van der Waals surface area contributed by atoms with Gasteiger partial charge in [0.25, 0.3) is 6.47 Å². The summed E-state index contributed by atoms with van der Waals surface area (Å²) in [5.74, 6) is -0.734. The van der Waals surface area contributed by atoms with Crippen molar-refractivity contribution in [3.63, 3.8) is 0 Å². The Morgan fingerprint density at radius 3 is 2.08 bits per heavy atom. The number of carboxylic acid groups (broad SMARTS) is 2. The lowest BCUT2D eigenvalue weighted by Crippen LogP contribution is -2.31. The predicted octanol–water partition coefficient (Wildman–Crippen LogP) is -0.229. The molecule has 0 atom stereocenters. The third-order valence-corrected chi connectivity index (χ3v) is 1.69. The normalized spacial score (nSPS) is 17.3. The van der Waals surface area contributed by atoms with Crippen LogP contribution in [0.5, 0.6) is 0 Å². The molecule has 0 aromatic rings. The third-order valence-electron chi connectivity index (χ3n) is 1.69. The Morgan fingerprint density at radius 1 is 1.42 bits per heavy atom. The number of aliphatic carboxylic acids is 1. The smallest absolute Gasteiger partial charge is 0.306 e. The molecule has 0 unspecified atom stereocenters. The molecule has 1 rings (SSSR count). The second-order valence-electron chi connectivity index (χ2n) is 2.47. The molecule has 0 radical (unpaired) electrons. The fourth-order valence-corrected chi connectivity index (χ4v) is 1.07. The summed E-state index contributed by atoms with van der Waals surface area (Å²) in [6.07, 6.45) is 1.57. The predicted molar refractivity (Wildman–Crippen MR) is 41.9 cm³/mol. The van der Waals surface area contributed by atoms with E-state index in [0.717, 1.165) is 25.9 Å². The van der Waals surface area contributed by atoms with E-state index in [-0.39, 0.29) is 12.4 Å². The molecule has 0 aromatic heterocycles. The minimum Gasteiger partial charge on any atom is -0.483 e. The van der Waals surface area contributed by atoms with Gasteiger partial charge >= 0.3 is 5.97 Å². The molecular formula is C7H13NO4. The van der Waals surface area contributed by atoms with Gasteiger partial charge in [0.2, 0.25) is 0 Å². The van der Waals surface area contributed by atoms with Crippen molar-refractivity contribution in [2.45, 2.75) is 12.8 Å². The van der Waals surface area contributed by atoms with Crippen molar-refractivity contribution >= 4 is 12.4 Å². The Hall–Kier alpha value is -1.10. The molecule has 70 valence electrons. The molecule has 5 heteroatoms. The fraction of sp³-hybridized carbons (Fsp3) is 0.714. The summed E-state index contributed by atoms with van der Waals surface area (Å²) in [6.45, 7) is 1.47. The lowest BCUT2D eigenvalue weighted by molar-refractivity contribution is -0.142. The molecule has 1 aliphatic heterocycles. The van der Waals surface area contributed by atoms with Gasteiger partial charge < -0.3 is 15.5 Å². The monoisotopic (exact) mass is 175 g/mol. The fourth-order valence-electron chi connectivity index (χ4n) is 1.07. The first-order chi connectivity index (χ1) is 5.72. The second-order valence-corrected chi connectivity index (χ2v) is 2.47. The molecule has 1 heterocycles. The van der Waals surface area contributed by atoms with E-state index < -0.39 is 5.97 Å². The quantitative estimate of drug-likeness (QED) is 0.479. The minimum absolute atomic E-state index is 0.0914. The third kappa shape index (κ3) is 4.68. The van der Waals surface area contributed by atoms with Gasteiger partial charge in [0.05, 0.1) is 5.92 Å². The van der Waals surface area contributed by atoms with E-state index in [1.54, 1.807) is 0 Å². The van der Waals surface area contributed by atoms with Crippen LogP contribution in [0.1, 0.15) is 12.8 Å². The van der Waals surface area contributed by atoms with E-state index in [2.05, 4.69) is 5.32 Å².